The largest absolute Gasteiger partial charge is 0.487 e. The van der Waals surface area contributed by atoms with Crippen molar-refractivity contribution in [2.45, 2.75) is 26.5 Å². The number of aromatic nitrogens is 4. The van der Waals surface area contributed by atoms with Crippen molar-refractivity contribution < 1.29 is 9.53 Å². The molecule has 0 radical (unpaired) electrons. The summed E-state index contributed by atoms with van der Waals surface area (Å²) in [5, 5.41) is 9.97. The Labute approximate surface area is 152 Å². The Kier molecular flexibility index (Phi) is 5.36. The van der Waals surface area contributed by atoms with E-state index < -0.39 is 0 Å². The molecule has 0 aliphatic carbocycles. The highest BCUT2D eigenvalue weighted by Crippen LogP contribution is 2.20. The standard InChI is InChI=1S/C19H23N5O2/c1-13(2)17(18-20-9-10-24(18)3)21-19(25)16-11-14(22-23-16)12-26-15-7-5-4-6-8-15/h4-11,13,17H,12H2,1-3H3,(H,21,25)(H,22,23)/t17-/m1/s1. The smallest absolute Gasteiger partial charge is 0.272 e. The number of hydrogen-bond acceptors (Lipinski definition) is 4. The van der Waals surface area contributed by atoms with Gasteiger partial charge in [0.2, 0.25) is 0 Å². The minimum Gasteiger partial charge on any atom is -0.487 e. The summed E-state index contributed by atoms with van der Waals surface area (Å²) in [7, 11) is 1.91. The van der Waals surface area contributed by atoms with Crippen LogP contribution >= 0.6 is 0 Å². The molecule has 0 saturated heterocycles. The summed E-state index contributed by atoms with van der Waals surface area (Å²) in [6, 6.07) is 11.0. The summed E-state index contributed by atoms with van der Waals surface area (Å²) in [5.41, 5.74) is 1.06. The van der Waals surface area contributed by atoms with Crippen molar-refractivity contribution in [3.05, 3.63) is 66.0 Å². The van der Waals surface area contributed by atoms with Crippen LogP contribution in [0.1, 0.15) is 41.9 Å². The van der Waals surface area contributed by atoms with E-state index in [9.17, 15) is 4.79 Å². The fraction of sp³-hybridized carbons (Fsp3) is 0.316. The second-order valence-electron chi connectivity index (χ2n) is 6.47. The number of nitrogens with one attached hydrogen (secondary N) is 2. The van der Waals surface area contributed by atoms with Crippen molar-refractivity contribution in [2.75, 3.05) is 0 Å². The van der Waals surface area contributed by atoms with Gasteiger partial charge in [0.1, 0.15) is 23.9 Å². The van der Waals surface area contributed by atoms with E-state index in [1.807, 2.05) is 62.0 Å². The number of imidazole rings is 1. The molecule has 2 heterocycles. The minimum atomic E-state index is -0.242. The molecular weight excluding hydrogens is 330 g/mol. The molecule has 1 atom stereocenters. The van der Waals surface area contributed by atoms with Crippen LogP contribution in [0.5, 0.6) is 5.75 Å². The van der Waals surface area contributed by atoms with Crippen LogP contribution in [0, 0.1) is 5.92 Å². The van der Waals surface area contributed by atoms with Gasteiger partial charge in [-0.3, -0.25) is 9.89 Å². The number of carbonyl (C=O) groups is 1. The van der Waals surface area contributed by atoms with Gasteiger partial charge >= 0.3 is 0 Å². The van der Waals surface area contributed by atoms with Crippen LogP contribution in [-0.4, -0.2) is 25.7 Å². The highest BCUT2D eigenvalue weighted by molar-refractivity contribution is 5.92. The lowest BCUT2D eigenvalue weighted by Gasteiger charge is -2.21. The van der Waals surface area contributed by atoms with Crippen LogP contribution in [0.4, 0.5) is 0 Å². The Morgan fingerprint density at radius 3 is 2.73 bits per heavy atom. The molecule has 2 N–H and O–H groups in total. The number of carbonyl (C=O) groups excluding carboxylic acids is 1. The fourth-order valence-corrected chi connectivity index (χ4v) is 2.65. The summed E-state index contributed by atoms with van der Waals surface area (Å²) in [5.74, 6) is 1.54. The zero-order valence-electron chi connectivity index (χ0n) is 15.1. The summed E-state index contributed by atoms with van der Waals surface area (Å²) >= 11 is 0. The minimum absolute atomic E-state index is 0.191. The Hall–Kier alpha value is -3.09. The zero-order chi connectivity index (χ0) is 18.5. The van der Waals surface area contributed by atoms with Gasteiger partial charge in [0.15, 0.2) is 0 Å². The molecule has 3 rings (SSSR count). The highest BCUT2D eigenvalue weighted by atomic mass is 16.5. The predicted molar refractivity (Wildman–Crippen MR) is 97.6 cm³/mol. The van der Waals surface area contributed by atoms with Crippen LogP contribution in [0.15, 0.2) is 48.8 Å². The molecule has 26 heavy (non-hydrogen) atoms. The Morgan fingerprint density at radius 1 is 1.31 bits per heavy atom. The second kappa shape index (κ2) is 7.86. The number of H-pyrrole nitrogens is 1. The Balaban J connectivity index is 1.64. The number of hydrogen-bond donors (Lipinski definition) is 2. The molecule has 0 aliphatic heterocycles. The molecule has 0 unspecified atom stereocenters. The maximum absolute atomic E-state index is 12.6. The summed E-state index contributed by atoms with van der Waals surface area (Å²) in [6.45, 7) is 4.41. The van der Waals surface area contributed by atoms with Crippen molar-refractivity contribution in [3.63, 3.8) is 0 Å². The lowest BCUT2D eigenvalue weighted by Crippen LogP contribution is -2.33. The third kappa shape index (κ3) is 4.11. The van der Waals surface area contributed by atoms with Gasteiger partial charge in [-0.15, -0.1) is 0 Å². The van der Waals surface area contributed by atoms with Gasteiger partial charge in [-0.1, -0.05) is 32.0 Å². The average molecular weight is 353 g/mol. The molecule has 7 heteroatoms. The van der Waals surface area contributed by atoms with Crippen molar-refractivity contribution in [3.8, 4) is 5.75 Å². The van der Waals surface area contributed by atoms with E-state index in [1.54, 1.807) is 12.3 Å². The molecule has 0 fully saturated rings. The maximum atomic E-state index is 12.6. The average Bonchev–Trinajstić information content (AvgIpc) is 3.27. The SMILES string of the molecule is CC(C)[C@@H](NC(=O)c1cc(COc2ccccc2)[nH]n1)c1nccn1C. The molecule has 1 aromatic carbocycles. The van der Waals surface area contributed by atoms with Crippen molar-refractivity contribution in [1.82, 2.24) is 25.1 Å². The summed E-state index contributed by atoms with van der Waals surface area (Å²) in [6.07, 6.45) is 3.59. The number of ether oxygens (including phenoxy) is 1. The van der Waals surface area contributed by atoms with Crippen LogP contribution in [0.25, 0.3) is 0 Å². The second-order valence-corrected chi connectivity index (χ2v) is 6.47. The van der Waals surface area contributed by atoms with Crippen LogP contribution < -0.4 is 10.1 Å². The molecule has 7 nitrogen and oxygen atoms in total. The summed E-state index contributed by atoms with van der Waals surface area (Å²) < 4.78 is 7.57. The summed E-state index contributed by atoms with van der Waals surface area (Å²) in [4.78, 5) is 16.9. The van der Waals surface area contributed by atoms with Crippen LogP contribution in [0.2, 0.25) is 0 Å². The highest BCUT2D eigenvalue weighted by Gasteiger charge is 2.23. The molecular formula is C19H23N5O2. The molecule has 0 bridgehead atoms. The quantitative estimate of drug-likeness (QED) is 0.684. The third-order valence-electron chi connectivity index (χ3n) is 4.09. The first-order chi connectivity index (χ1) is 12.5. The first kappa shape index (κ1) is 17.7. The number of rotatable bonds is 7. The van der Waals surface area contributed by atoms with Crippen LogP contribution in [-0.2, 0) is 13.7 Å². The first-order valence-corrected chi connectivity index (χ1v) is 8.55. The van der Waals surface area contributed by atoms with Crippen LogP contribution in [0.3, 0.4) is 0 Å². The molecule has 2 aromatic heterocycles. The molecule has 1 amide bonds. The van der Waals surface area contributed by atoms with Gasteiger partial charge in [0.05, 0.1) is 11.7 Å². The van der Waals surface area contributed by atoms with Crippen molar-refractivity contribution >= 4 is 5.91 Å². The van der Waals surface area contributed by atoms with Gasteiger partial charge < -0.3 is 14.6 Å². The fourth-order valence-electron chi connectivity index (χ4n) is 2.65. The molecule has 136 valence electrons. The Bertz CT molecular complexity index is 854. The normalized spacial score (nSPS) is 12.2. The van der Waals surface area contributed by atoms with Gasteiger partial charge in [-0.25, -0.2) is 4.98 Å². The van der Waals surface area contributed by atoms with Gasteiger partial charge in [0, 0.05) is 19.4 Å². The third-order valence-corrected chi connectivity index (χ3v) is 4.09. The van der Waals surface area contributed by atoms with E-state index in [0.717, 1.165) is 17.3 Å². The number of nitrogens with zero attached hydrogens (tertiary/aromatic N) is 3. The lowest BCUT2D eigenvalue weighted by atomic mass is 10.0. The first-order valence-electron chi connectivity index (χ1n) is 8.55. The van der Waals surface area contributed by atoms with Gasteiger partial charge in [0.25, 0.3) is 5.91 Å². The van der Waals surface area contributed by atoms with E-state index in [2.05, 4.69) is 20.5 Å². The molecule has 0 aliphatic rings. The Morgan fingerprint density at radius 2 is 2.08 bits per heavy atom. The van der Waals surface area contributed by atoms with Crippen molar-refractivity contribution in [2.24, 2.45) is 13.0 Å². The number of aryl methyl sites for hydroxylation is 1. The zero-order valence-corrected chi connectivity index (χ0v) is 15.1. The molecule has 3 aromatic rings. The van der Waals surface area contributed by atoms with E-state index in [1.165, 1.54) is 0 Å². The molecule has 0 spiro atoms. The topological polar surface area (TPSA) is 84.8 Å². The lowest BCUT2D eigenvalue weighted by molar-refractivity contribution is 0.0917. The number of amides is 1. The monoisotopic (exact) mass is 353 g/mol. The van der Waals surface area contributed by atoms with Gasteiger partial charge in [-0.05, 0) is 24.1 Å². The van der Waals surface area contributed by atoms with E-state index >= 15 is 0 Å². The number of aromatic amines is 1. The molecule has 0 saturated carbocycles. The van der Waals surface area contributed by atoms with E-state index in [-0.39, 0.29) is 17.9 Å². The maximum Gasteiger partial charge on any atom is 0.272 e. The predicted octanol–water partition coefficient (Wildman–Crippen LogP) is 2.85. The van der Waals surface area contributed by atoms with E-state index in [4.69, 9.17) is 4.74 Å². The van der Waals surface area contributed by atoms with E-state index in [0.29, 0.717) is 12.3 Å². The number of para-hydroxylation sites is 1. The van der Waals surface area contributed by atoms with Crippen molar-refractivity contribution in [1.29, 1.82) is 0 Å². The van der Waals surface area contributed by atoms with Gasteiger partial charge in [-0.2, -0.15) is 5.10 Å². The number of benzene rings is 1.